The third-order valence-electron chi connectivity index (χ3n) is 1.67. The van der Waals surface area contributed by atoms with Gasteiger partial charge in [-0.15, -0.1) is 5.10 Å². The second kappa shape index (κ2) is 2.95. The van der Waals surface area contributed by atoms with Crippen LogP contribution in [0, 0.1) is 0 Å². The van der Waals surface area contributed by atoms with E-state index in [1.165, 1.54) is 10.6 Å². The van der Waals surface area contributed by atoms with E-state index < -0.39 is 5.97 Å². The lowest BCUT2D eigenvalue weighted by Gasteiger charge is -1.98. The van der Waals surface area contributed by atoms with Crippen molar-refractivity contribution in [2.45, 2.75) is 0 Å². The van der Waals surface area contributed by atoms with Gasteiger partial charge in [0.25, 0.3) is 0 Å². The Balaban J connectivity index is 2.87. The van der Waals surface area contributed by atoms with Gasteiger partial charge in [0.2, 0.25) is 5.95 Å². The SMILES string of the molecule is Nc1nc2c(Br)ccc(C(=O)O)n2n1. The molecule has 2 rings (SSSR count). The molecule has 14 heavy (non-hydrogen) atoms. The lowest BCUT2D eigenvalue weighted by Crippen LogP contribution is -2.06. The topological polar surface area (TPSA) is 93.5 Å². The number of anilines is 1. The van der Waals surface area contributed by atoms with E-state index in [9.17, 15) is 4.79 Å². The van der Waals surface area contributed by atoms with Crippen molar-refractivity contribution < 1.29 is 9.90 Å². The van der Waals surface area contributed by atoms with Gasteiger partial charge < -0.3 is 10.8 Å². The summed E-state index contributed by atoms with van der Waals surface area (Å²) in [6, 6.07) is 3.01. The Morgan fingerprint density at radius 1 is 1.57 bits per heavy atom. The molecule has 6 nitrogen and oxygen atoms in total. The third-order valence-corrected chi connectivity index (χ3v) is 2.29. The summed E-state index contributed by atoms with van der Waals surface area (Å²) >= 11 is 3.22. The molecule has 0 atom stereocenters. The van der Waals surface area contributed by atoms with Crippen molar-refractivity contribution in [2.24, 2.45) is 0 Å². The maximum Gasteiger partial charge on any atom is 0.354 e. The fourth-order valence-electron chi connectivity index (χ4n) is 1.11. The molecule has 2 aromatic rings. The summed E-state index contributed by atoms with van der Waals surface area (Å²) in [7, 11) is 0. The number of fused-ring (bicyclic) bond motifs is 1. The van der Waals surface area contributed by atoms with Crippen molar-refractivity contribution >= 4 is 33.5 Å². The molecule has 7 heteroatoms. The van der Waals surface area contributed by atoms with Crippen LogP contribution >= 0.6 is 15.9 Å². The van der Waals surface area contributed by atoms with Crippen LogP contribution < -0.4 is 5.73 Å². The minimum atomic E-state index is -1.08. The van der Waals surface area contributed by atoms with Crippen molar-refractivity contribution in [3.63, 3.8) is 0 Å². The molecular formula is C7H5BrN4O2. The van der Waals surface area contributed by atoms with Gasteiger partial charge >= 0.3 is 5.97 Å². The maximum absolute atomic E-state index is 10.8. The van der Waals surface area contributed by atoms with Crippen molar-refractivity contribution in [2.75, 3.05) is 5.73 Å². The van der Waals surface area contributed by atoms with Crippen LogP contribution in [0.1, 0.15) is 10.5 Å². The molecule has 0 saturated carbocycles. The summed E-state index contributed by atoms with van der Waals surface area (Å²) in [4.78, 5) is 14.7. The minimum absolute atomic E-state index is 0.0207. The van der Waals surface area contributed by atoms with Crippen LogP contribution in [0.2, 0.25) is 0 Å². The van der Waals surface area contributed by atoms with Gasteiger partial charge in [0.1, 0.15) is 0 Å². The van der Waals surface area contributed by atoms with E-state index in [2.05, 4.69) is 26.0 Å². The first-order valence-electron chi connectivity index (χ1n) is 3.63. The fourth-order valence-corrected chi connectivity index (χ4v) is 1.50. The van der Waals surface area contributed by atoms with Gasteiger partial charge in [-0.25, -0.2) is 9.31 Å². The standard InChI is InChI=1S/C7H5BrN4O2/c8-3-1-2-4(6(13)14)12-5(3)10-7(9)11-12/h1-2H,(H2,9,11)(H,13,14). The second-order valence-electron chi connectivity index (χ2n) is 2.58. The van der Waals surface area contributed by atoms with Crippen LogP contribution in [-0.4, -0.2) is 25.7 Å². The predicted molar refractivity (Wildman–Crippen MR) is 52.1 cm³/mol. The summed E-state index contributed by atoms with van der Waals surface area (Å²) in [6.07, 6.45) is 0. The van der Waals surface area contributed by atoms with Gasteiger partial charge in [0.15, 0.2) is 11.3 Å². The number of hydrogen-bond acceptors (Lipinski definition) is 4. The first-order chi connectivity index (χ1) is 6.59. The fraction of sp³-hybridized carbons (Fsp3) is 0. The number of hydrogen-bond donors (Lipinski definition) is 2. The second-order valence-corrected chi connectivity index (χ2v) is 3.43. The number of halogens is 1. The molecular weight excluding hydrogens is 252 g/mol. The van der Waals surface area contributed by atoms with Crippen molar-refractivity contribution in [3.05, 3.63) is 22.3 Å². The van der Waals surface area contributed by atoms with Crippen LogP contribution in [0.5, 0.6) is 0 Å². The smallest absolute Gasteiger partial charge is 0.354 e. The summed E-state index contributed by atoms with van der Waals surface area (Å²) in [5.41, 5.74) is 5.78. The predicted octanol–water partition coefficient (Wildman–Crippen LogP) is 0.772. The number of aromatic nitrogens is 3. The Morgan fingerprint density at radius 3 is 2.93 bits per heavy atom. The van der Waals surface area contributed by atoms with Gasteiger partial charge in [-0.3, -0.25) is 0 Å². The lowest BCUT2D eigenvalue weighted by atomic mass is 10.3. The summed E-state index contributed by atoms with van der Waals surface area (Å²) in [6.45, 7) is 0. The average Bonchev–Trinajstić information content (AvgIpc) is 2.47. The van der Waals surface area contributed by atoms with Crippen molar-refractivity contribution in [1.29, 1.82) is 0 Å². The molecule has 0 aliphatic carbocycles. The van der Waals surface area contributed by atoms with E-state index in [4.69, 9.17) is 10.8 Å². The molecule has 72 valence electrons. The Morgan fingerprint density at radius 2 is 2.29 bits per heavy atom. The van der Waals surface area contributed by atoms with Crippen LogP contribution in [0.15, 0.2) is 16.6 Å². The number of pyridine rings is 1. The van der Waals surface area contributed by atoms with Gasteiger partial charge in [-0.1, -0.05) is 0 Å². The summed E-state index contributed by atoms with van der Waals surface area (Å²) < 4.78 is 1.83. The zero-order valence-corrected chi connectivity index (χ0v) is 8.39. The van der Waals surface area contributed by atoms with Crippen molar-refractivity contribution in [1.82, 2.24) is 14.6 Å². The number of carboxylic acids is 1. The number of carbonyl (C=O) groups is 1. The van der Waals surface area contributed by atoms with Crippen molar-refractivity contribution in [3.8, 4) is 0 Å². The zero-order valence-electron chi connectivity index (χ0n) is 6.81. The van der Waals surface area contributed by atoms with E-state index in [0.29, 0.717) is 10.1 Å². The number of nitrogen functional groups attached to an aromatic ring is 1. The molecule has 0 unspecified atom stereocenters. The van der Waals surface area contributed by atoms with Gasteiger partial charge in [0.05, 0.1) is 4.47 Å². The quantitative estimate of drug-likeness (QED) is 0.786. The molecule has 3 N–H and O–H groups in total. The molecule has 0 spiro atoms. The Hall–Kier alpha value is -1.63. The average molecular weight is 257 g/mol. The molecule has 2 aromatic heterocycles. The minimum Gasteiger partial charge on any atom is -0.477 e. The highest BCUT2D eigenvalue weighted by atomic mass is 79.9. The van der Waals surface area contributed by atoms with Crippen LogP contribution in [-0.2, 0) is 0 Å². The normalized spacial score (nSPS) is 10.6. The highest BCUT2D eigenvalue weighted by molar-refractivity contribution is 9.10. The number of carboxylic acid groups (broad SMARTS) is 1. The van der Waals surface area contributed by atoms with Gasteiger partial charge in [0, 0.05) is 0 Å². The molecule has 0 amide bonds. The van der Waals surface area contributed by atoms with Crippen LogP contribution in [0.25, 0.3) is 5.65 Å². The molecule has 0 saturated heterocycles. The van der Waals surface area contributed by atoms with Crippen LogP contribution in [0.4, 0.5) is 5.95 Å². The van der Waals surface area contributed by atoms with E-state index in [-0.39, 0.29) is 11.6 Å². The molecule has 0 radical (unpaired) electrons. The van der Waals surface area contributed by atoms with E-state index in [1.807, 2.05) is 0 Å². The molecule has 0 fully saturated rings. The molecule has 0 aromatic carbocycles. The molecule has 0 aliphatic heterocycles. The molecule has 0 aliphatic rings. The first-order valence-corrected chi connectivity index (χ1v) is 4.43. The molecule has 2 heterocycles. The number of rotatable bonds is 1. The van der Waals surface area contributed by atoms with Gasteiger partial charge in [-0.2, -0.15) is 4.98 Å². The third kappa shape index (κ3) is 1.22. The Kier molecular flexibility index (Phi) is 1.88. The maximum atomic E-state index is 10.8. The van der Waals surface area contributed by atoms with E-state index in [1.54, 1.807) is 6.07 Å². The van der Waals surface area contributed by atoms with Gasteiger partial charge in [-0.05, 0) is 28.1 Å². The Bertz CT molecular complexity index is 522. The first kappa shape index (κ1) is 8.95. The van der Waals surface area contributed by atoms with E-state index in [0.717, 1.165) is 0 Å². The van der Waals surface area contributed by atoms with E-state index >= 15 is 0 Å². The Labute approximate surface area is 86.5 Å². The highest BCUT2D eigenvalue weighted by Gasteiger charge is 2.13. The number of aromatic carboxylic acids is 1. The lowest BCUT2D eigenvalue weighted by molar-refractivity contribution is 0.0687. The summed E-state index contributed by atoms with van der Waals surface area (Å²) in [5.74, 6) is -1.04. The highest BCUT2D eigenvalue weighted by Crippen LogP contribution is 2.18. The summed E-state index contributed by atoms with van der Waals surface area (Å²) in [5, 5.41) is 12.6. The monoisotopic (exact) mass is 256 g/mol. The zero-order chi connectivity index (χ0) is 10.3. The largest absolute Gasteiger partial charge is 0.477 e. The molecule has 0 bridgehead atoms. The number of nitrogens with two attached hydrogens (primary N) is 1. The van der Waals surface area contributed by atoms with Crippen LogP contribution in [0.3, 0.4) is 0 Å². The number of nitrogens with zero attached hydrogens (tertiary/aromatic N) is 3.